The third-order valence-electron chi connectivity index (χ3n) is 2.07. The van der Waals surface area contributed by atoms with E-state index in [2.05, 4.69) is 29.1 Å². The molecule has 2 nitrogen and oxygen atoms in total. The van der Waals surface area contributed by atoms with Crippen LogP contribution < -0.4 is 0 Å². The molecule has 0 aliphatic rings. The minimum absolute atomic E-state index is 0.0755. The molecule has 13 heavy (non-hydrogen) atoms. The Balaban J connectivity index is 4.18. The van der Waals surface area contributed by atoms with Gasteiger partial charge in [0.25, 0.3) is 0 Å². The van der Waals surface area contributed by atoms with Gasteiger partial charge in [-0.2, -0.15) is 11.8 Å². The second-order valence-corrected chi connectivity index (χ2v) is 5.37. The molecule has 4 heteroatoms. The van der Waals surface area contributed by atoms with E-state index in [4.69, 9.17) is 0 Å². The standard InChI is InChI=1S/C9H18BrNOS/c1-5-8(6-13-4)11(3)9(12)7(2)10/h7-8H,5-6H2,1-4H3. The number of rotatable bonds is 5. The lowest BCUT2D eigenvalue weighted by Gasteiger charge is -2.27. The van der Waals surface area contributed by atoms with Gasteiger partial charge in [-0.3, -0.25) is 4.79 Å². The van der Waals surface area contributed by atoms with Crippen LogP contribution in [0.2, 0.25) is 0 Å². The summed E-state index contributed by atoms with van der Waals surface area (Å²) in [4.78, 5) is 13.4. The molecule has 0 fully saturated rings. The van der Waals surface area contributed by atoms with E-state index in [0.29, 0.717) is 6.04 Å². The lowest BCUT2D eigenvalue weighted by molar-refractivity contribution is -0.130. The number of thioether (sulfide) groups is 1. The van der Waals surface area contributed by atoms with Crippen LogP contribution in [0.1, 0.15) is 20.3 Å². The van der Waals surface area contributed by atoms with E-state index in [1.807, 2.05) is 18.9 Å². The Labute approximate surface area is 93.6 Å². The SMILES string of the molecule is CCC(CSC)N(C)C(=O)C(C)Br. The molecule has 0 bridgehead atoms. The molecule has 0 aromatic carbocycles. The Morgan fingerprint density at radius 1 is 1.62 bits per heavy atom. The topological polar surface area (TPSA) is 20.3 Å². The number of hydrogen-bond acceptors (Lipinski definition) is 2. The number of nitrogens with zero attached hydrogens (tertiary/aromatic N) is 1. The molecule has 0 aliphatic heterocycles. The molecule has 0 N–H and O–H groups in total. The number of carbonyl (C=O) groups excluding carboxylic acids is 1. The molecule has 1 amide bonds. The maximum absolute atomic E-state index is 11.6. The number of amides is 1. The van der Waals surface area contributed by atoms with E-state index in [1.54, 1.807) is 11.8 Å². The van der Waals surface area contributed by atoms with Crippen molar-refractivity contribution >= 4 is 33.6 Å². The number of carbonyl (C=O) groups is 1. The first-order valence-corrected chi connectivity index (χ1v) is 6.75. The van der Waals surface area contributed by atoms with Crippen molar-refractivity contribution in [1.29, 1.82) is 0 Å². The Hall–Kier alpha value is 0.300. The maximum Gasteiger partial charge on any atom is 0.236 e. The largest absolute Gasteiger partial charge is 0.341 e. The average molecular weight is 268 g/mol. The Kier molecular flexibility index (Phi) is 6.86. The van der Waals surface area contributed by atoms with Crippen LogP contribution in [-0.2, 0) is 4.79 Å². The molecule has 0 aromatic heterocycles. The van der Waals surface area contributed by atoms with E-state index in [0.717, 1.165) is 12.2 Å². The van der Waals surface area contributed by atoms with Crippen LogP contribution in [0.4, 0.5) is 0 Å². The number of hydrogen-bond donors (Lipinski definition) is 0. The smallest absolute Gasteiger partial charge is 0.236 e. The average Bonchev–Trinajstić information content (AvgIpc) is 2.11. The Morgan fingerprint density at radius 3 is 2.46 bits per heavy atom. The molecule has 2 atom stereocenters. The van der Waals surface area contributed by atoms with Crippen LogP contribution in [0.3, 0.4) is 0 Å². The van der Waals surface area contributed by atoms with Crippen molar-refractivity contribution in [3.63, 3.8) is 0 Å². The summed E-state index contributed by atoms with van der Waals surface area (Å²) in [5.41, 5.74) is 0. The lowest BCUT2D eigenvalue weighted by atomic mass is 10.2. The molecule has 0 saturated heterocycles. The zero-order valence-corrected chi connectivity index (χ0v) is 11.1. The van der Waals surface area contributed by atoms with Gasteiger partial charge < -0.3 is 4.90 Å². The molecule has 2 unspecified atom stereocenters. The van der Waals surface area contributed by atoms with Gasteiger partial charge in [0.15, 0.2) is 0 Å². The normalized spacial score (nSPS) is 15.2. The van der Waals surface area contributed by atoms with E-state index in [-0.39, 0.29) is 10.7 Å². The van der Waals surface area contributed by atoms with Gasteiger partial charge in [0, 0.05) is 18.8 Å². The van der Waals surface area contributed by atoms with Crippen LogP contribution in [0.15, 0.2) is 0 Å². The first-order valence-electron chi connectivity index (χ1n) is 4.44. The van der Waals surface area contributed by atoms with Crippen molar-refractivity contribution in [2.24, 2.45) is 0 Å². The van der Waals surface area contributed by atoms with Gasteiger partial charge in [-0.25, -0.2) is 0 Å². The summed E-state index contributed by atoms with van der Waals surface area (Å²) in [5.74, 6) is 1.18. The quantitative estimate of drug-likeness (QED) is 0.713. The fourth-order valence-corrected chi connectivity index (χ4v) is 2.32. The molecule has 0 heterocycles. The molecular weight excluding hydrogens is 250 g/mol. The summed E-state index contributed by atoms with van der Waals surface area (Å²) in [7, 11) is 1.88. The predicted molar refractivity (Wildman–Crippen MR) is 63.6 cm³/mol. The monoisotopic (exact) mass is 267 g/mol. The second-order valence-electron chi connectivity index (χ2n) is 3.08. The lowest BCUT2D eigenvalue weighted by Crippen LogP contribution is -2.41. The molecular formula is C9H18BrNOS. The van der Waals surface area contributed by atoms with Gasteiger partial charge in [0.05, 0.1) is 4.83 Å². The third kappa shape index (κ3) is 4.36. The fourth-order valence-electron chi connectivity index (χ4n) is 1.16. The summed E-state index contributed by atoms with van der Waals surface area (Å²) in [6.45, 7) is 3.98. The second kappa shape index (κ2) is 6.71. The minimum Gasteiger partial charge on any atom is -0.341 e. The Bertz CT molecular complexity index is 164. The highest BCUT2D eigenvalue weighted by atomic mass is 79.9. The van der Waals surface area contributed by atoms with Gasteiger partial charge in [-0.05, 0) is 19.6 Å². The van der Waals surface area contributed by atoms with Gasteiger partial charge in [-0.15, -0.1) is 0 Å². The van der Waals surface area contributed by atoms with Crippen molar-refractivity contribution in [3.05, 3.63) is 0 Å². The molecule has 0 aliphatic carbocycles. The molecule has 0 rings (SSSR count). The van der Waals surface area contributed by atoms with Crippen molar-refractivity contribution < 1.29 is 4.79 Å². The molecule has 0 aromatic rings. The van der Waals surface area contributed by atoms with Crippen LogP contribution in [0.5, 0.6) is 0 Å². The summed E-state index contributed by atoms with van der Waals surface area (Å²) >= 11 is 5.07. The van der Waals surface area contributed by atoms with Gasteiger partial charge in [0.1, 0.15) is 0 Å². The van der Waals surface area contributed by atoms with Crippen LogP contribution in [0.25, 0.3) is 0 Å². The summed E-state index contributed by atoms with van der Waals surface area (Å²) in [5, 5.41) is 0. The predicted octanol–water partition coefficient (Wildman–Crippen LogP) is 2.37. The highest BCUT2D eigenvalue weighted by Gasteiger charge is 2.20. The van der Waals surface area contributed by atoms with E-state index in [1.165, 1.54) is 0 Å². The zero-order valence-electron chi connectivity index (χ0n) is 8.71. The maximum atomic E-state index is 11.6. The first kappa shape index (κ1) is 13.3. The highest BCUT2D eigenvalue weighted by molar-refractivity contribution is 9.10. The first-order chi connectivity index (χ1) is 6.04. The molecule has 0 saturated carbocycles. The molecule has 0 radical (unpaired) electrons. The van der Waals surface area contributed by atoms with Crippen molar-refractivity contribution in [2.45, 2.75) is 31.1 Å². The van der Waals surface area contributed by atoms with Crippen LogP contribution in [-0.4, -0.2) is 40.7 Å². The molecule has 78 valence electrons. The summed E-state index contributed by atoms with van der Waals surface area (Å²) < 4.78 is 0. The van der Waals surface area contributed by atoms with Gasteiger partial charge >= 0.3 is 0 Å². The van der Waals surface area contributed by atoms with Crippen molar-refractivity contribution in [2.75, 3.05) is 19.1 Å². The summed E-state index contributed by atoms with van der Waals surface area (Å²) in [6.07, 6.45) is 3.08. The third-order valence-corrected chi connectivity index (χ3v) is 3.18. The van der Waals surface area contributed by atoms with Crippen molar-refractivity contribution in [1.82, 2.24) is 4.90 Å². The number of halogens is 1. The highest BCUT2D eigenvalue weighted by Crippen LogP contribution is 2.12. The van der Waals surface area contributed by atoms with E-state index in [9.17, 15) is 4.79 Å². The van der Waals surface area contributed by atoms with Gasteiger partial charge in [0.2, 0.25) is 5.91 Å². The van der Waals surface area contributed by atoms with Gasteiger partial charge in [-0.1, -0.05) is 22.9 Å². The number of alkyl halides is 1. The molecule has 0 spiro atoms. The van der Waals surface area contributed by atoms with E-state index >= 15 is 0 Å². The Morgan fingerprint density at radius 2 is 2.15 bits per heavy atom. The van der Waals surface area contributed by atoms with Crippen LogP contribution in [0, 0.1) is 0 Å². The van der Waals surface area contributed by atoms with E-state index < -0.39 is 0 Å². The zero-order chi connectivity index (χ0) is 10.4. The minimum atomic E-state index is -0.0755. The van der Waals surface area contributed by atoms with Crippen LogP contribution >= 0.6 is 27.7 Å². The summed E-state index contributed by atoms with van der Waals surface area (Å²) in [6, 6.07) is 0.363. The van der Waals surface area contributed by atoms with Crippen molar-refractivity contribution in [3.8, 4) is 0 Å². The fraction of sp³-hybridized carbons (Fsp3) is 0.889.